The number of carbonyl (C=O) groups excluding carboxylic acids is 1. The summed E-state index contributed by atoms with van der Waals surface area (Å²) in [7, 11) is 3.16. The Labute approximate surface area is 114 Å². The van der Waals surface area contributed by atoms with E-state index >= 15 is 0 Å². The SMILES string of the molecule is COc1ccc(OC)c(C(=O)NC2CCCCC2)c1. The second-order valence-corrected chi connectivity index (χ2v) is 4.87. The van der Waals surface area contributed by atoms with Gasteiger partial charge in [-0.3, -0.25) is 4.79 Å². The molecule has 0 saturated heterocycles. The Morgan fingerprint density at radius 2 is 1.89 bits per heavy atom. The Kier molecular flexibility index (Phi) is 4.66. The molecule has 4 nitrogen and oxygen atoms in total. The highest BCUT2D eigenvalue weighted by molar-refractivity contribution is 5.97. The molecule has 1 fully saturated rings. The fraction of sp³-hybridized carbons (Fsp3) is 0.533. The van der Waals surface area contributed by atoms with Gasteiger partial charge in [-0.2, -0.15) is 0 Å². The standard InChI is InChI=1S/C15H21NO3/c1-18-12-8-9-14(19-2)13(10-12)15(17)16-11-6-4-3-5-7-11/h8-11H,3-7H2,1-2H3,(H,16,17). The minimum absolute atomic E-state index is 0.0809. The van der Waals surface area contributed by atoms with Crippen LogP contribution in [0.2, 0.25) is 0 Å². The van der Waals surface area contributed by atoms with Crippen molar-refractivity contribution in [1.29, 1.82) is 0 Å². The van der Waals surface area contributed by atoms with Crippen LogP contribution in [0.15, 0.2) is 18.2 Å². The molecule has 104 valence electrons. The Morgan fingerprint density at radius 1 is 1.16 bits per heavy atom. The fourth-order valence-corrected chi connectivity index (χ4v) is 2.50. The highest BCUT2D eigenvalue weighted by Gasteiger charge is 2.19. The highest BCUT2D eigenvalue weighted by Crippen LogP contribution is 2.25. The maximum absolute atomic E-state index is 12.3. The summed E-state index contributed by atoms with van der Waals surface area (Å²) in [5.74, 6) is 1.16. The minimum atomic E-state index is -0.0809. The van der Waals surface area contributed by atoms with Crippen molar-refractivity contribution in [2.24, 2.45) is 0 Å². The summed E-state index contributed by atoms with van der Waals surface area (Å²) in [6.07, 6.45) is 5.80. The number of carbonyl (C=O) groups is 1. The van der Waals surface area contributed by atoms with Gasteiger partial charge in [0.25, 0.3) is 5.91 Å². The second kappa shape index (κ2) is 6.45. The zero-order valence-corrected chi connectivity index (χ0v) is 11.6. The zero-order valence-electron chi connectivity index (χ0n) is 11.6. The number of hydrogen-bond acceptors (Lipinski definition) is 3. The Bertz CT molecular complexity index is 439. The Morgan fingerprint density at radius 3 is 2.53 bits per heavy atom. The average molecular weight is 263 g/mol. The number of rotatable bonds is 4. The predicted octanol–water partition coefficient (Wildman–Crippen LogP) is 2.77. The summed E-state index contributed by atoms with van der Waals surface area (Å²) in [5, 5.41) is 3.09. The first-order chi connectivity index (χ1) is 9.24. The van der Waals surface area contributed by atoms with Crippen LogP contribution in [0.5, 0.6) is 11.5 Å². The molecule has 1 saturated carbocycles. The van der Waals surface area contributed by atoms with E-state index in [4.69, 9.17) is 9.47 Å². The smallest absolute Gasteiger partial charge is 0.255 e. The van der Waals surface area contributed by atoms with Crippen molar-refractivity contribution in [3.05, 3.63) is 23.8 Å². The molecule has 2 rings (SSSR count). The van der Waals surface area contributed by atoms with Gasteiger partial charge in [-0.05, 0) is 31.0 Å². The molecule has 0 aromatic heterocycles. The summed E-state index contributed by atoms with van der Waals surface area (Å²) < 4.78 is 10.4. The topological polar surface area (TPSA) is 47.6 Å². The van der Waals surface area contributed by atoms with E-state index < -0.39 is 0 Å². The van der Waals surface area contributed by atoms with Crippen LogP contribution in [0.25, 0.3) is 0 Å². The van der Waals surface area contributed by atoms with Gasteiger partial charge in [0.2, 0.25) is 0 Å². The van der Waals surface area contributed by atoms with E-state index in [-0.39, 0.29) is 11.9 Å². The van der Waals surface area contributed by atoms with Gasteiger partial charge < -0.3 is 14.8 Å². The predicted molar refractivity (Wildman–Crippen MR) is 73.9 cm³/mol. The lowest BCUT2D eigenvalue weighted by Gasteiger charge is -2.23. The molecular formula is C15H21NO3. The molecule has 1 amide bonds. The lowest BCUT2D eigenvalue weighted by Crippen LogP contribution is -2.36. The molecule has 1 aromatic carbocycles. The molecule has 4 heteroatoms. The summed E-state index contributed by atoms with van der Waals surface area (Å²) >= 11 is 0. The fourth-order valence-electron chi connectivity index (χ4n) is 2.50. The number of methoxy groups -OCH3 is 2. The van der Waals surface area contributed by atoms with Gasteiger partial charge in [-0.15, -0.1) is 0 Å². The summed E-state index contributed by atoms with van der Waals surface area (Å²) in [5.41, 5.74) is 0.535. The maximum Gasteiger partial charge on any atom is 0.255 e. The quantitative estimate of drug-likeness (QED) is 0.908. The van der Waals surface area contributed by atoms with Gasteiger partial charge in [0, 0.05) is 6.04 Å². The molecule has 0 atom stereocenters. The van der Waals surface area contributed by atoms with Gasteiger partial charge in [0.05, 0.1) is 19.8 Å². The lowest BCUT2D eigenvalue weighted by atomic mass is 9.95. The van der Waals surface area contributed by atoms with Crippen molar-refractivity contribution >= 4 is 5.91 Å². The first kappa shape index (κ1) is 13.7. The molecule has 19 heavy (non-hydrogen) atoms. The Hall–Kier alpha value is -1.71. The van der Waals surface area contributed by atoms with Gasteiger partial charge in [0.15, 0.2) is 0 Å². The number of ether oxygens (including phenoxy) is 2. The van der Waals surface area contributed by atoms with Gasteiger partial charge >= 0.3 is 0 Å². The first-order valence-corrected chi connectivity index (χ1v) is 6.77. The van der Waals surface area contributed by atoms with Gasteiger partial charge in [-0.1, -0.05) is 19.3 Å². The van der Waals surface area contributed by atoms with Crippen LogP contribution >= 0.6 is 0 Å². The molecule has 0 bridgehead atoms. The third-order valence-corrected chi connectivity index (χ3v) is 3.59. The monoisotopic (exact) mass is 263 g/mol. The highest BCUT2D eigenvalue weighted by atomic mass is 16.5. The number of hydrogen-bond donors (Lipinski definition) is 1. The zero-order chi connectivity index (χ0) is 13.7. The van der Waals surface area contributed by atoms with Crippen molar-refractivity contribution in [3.63, 3.8) is 0 Å². The molecule has 0 unspecified atom stereocenters. The molecule has 0 aliphatic heterocycles. The summed E-state index contributed by atoms with van der Waals surface area (Å²) in [4.78, 5) is 12.3. The average Bonchev–Trinajstić information content (AvgIpc) is 2.47. The van der Waals surface area contributed by atoms with E-state index in [1.54, 1.807) is 32.4 Å². The summed E-state index contributed by atoms with van der Waals surface area (Å²) in [6, 6.07) is 5.55. The van der Waals surface area contributed by atoms with E-state index in [0.717, 1.165) is 12.8 Å². The van der Waals surface area contributed by atoms with Gasteiger partial charge in [0.1, 0.15) is 11.5 Å². The molecule has 0 radical (unpaired) electrons. The number of nitrogens with one attached hydrogen (secondary N) is 1. The van der Waals surface area contributed by atoms with Crippen LogP contribution in [-0.2, 0) is 0 Å². The van der Waals surface area contributed by atoms with Crippen molar-refractivity contribution in [2.75, 3.05) is 14.2 Å². The van der Waals surface area contributed by atoms with Crippen LogP contribution < -0.4 is 14.8 Å². The molecule has 1 aliphatic rings. The minimum Gasteiger partial charge on any atom is -0.497 e. The normalized spacial score (nSPS) is 15.9. The molecule has 1 aromatic rings. The van der Waals surface area contributed by atoms with Crippen molar-refractivity contribution in [2.45, 2.75) is 38.1 Å². The van der Waals surface area contributed by atoms with Gasteiger partial charge in [-0.25, -0.2) is 0 Å². The molecule has 0 spiro atoms. The van der Waals surface area contributed by atoms with E-state index in [9.17, 15) is 4.79 Å². The summed E-state index contributed by atoms with van der Waals surface area (Å²) in [6.45, 7) is 0. The molecule has 0 heterocycles. The van der Waals surface area contributed by atoms with Crippen molar-refractivity contribution in [3.8, 4) is 11.5 Å². The van der Waals surface area contributed by atoms with Crippen molar-refractivity contribution < 1.29 is 14.3 Å². The van der Waals surface area contributed by atoms with Crippen LogP contribution in [0.3, 0.4) is 0 Å². The van der Waals surface area contributed by atoms with Crippen LogP contribution in [0.4, 0.5) is 0 Å². The first-order valence-electron chi connectivity index (χ1n) is 6.77. The van der Waals surface area contributed by atoms with Crippen molar-refractivity contribution in [1.82, 2.24) is 5.32 Å². The van der Waals surface area contributed by atoms with E-state index in [1.165, 1.54) is 19.3 Å². The maximum atomic E-state index is 12.3. The van der Waals surface area contributed by atoms with E-state index in [0.29, 0.717) is 17.1 Å². The number of amides is 1. The Balaban J connectivity index is 2.12. The van der Waals surface area contributed by atoms with Crippen LogP contribution in [0.1, 0.15) is 42.5 Å². The van der Waals surface area contributed by atoms with Crippen LogP contribution in [0, 0.1) is 0 Å². The van der Waals surface area contributed by atoms with Crippen LogP contribution in [-0.4, -0.2) is 26.2 Å². The molecule has 1 aliphatic carbocycles. The third-order valence-electron chi connectivity index (χ3n) is 3.59. The molecular weight excluding hydrogens is 242 g/mol. The second-order valence-electron chi connectivity index (χ2n) is 4.87. The third kappa shape index (κ3) is 3.40. The number of benzene rings is 1. The van der Waals surface area contributed by atoms with E-state index in [2.05, 4.69) is 5.32 Å². The largest absolute Gasteiger partial charge is 0.497 e. The lowest BCUT2D eigenvalue weighted by molar-refractivity contribution is 0.0924. The molecule has 1 N–H and O–H groups in total. The van der Waals surface area contributed by atoms with E-state index in [1.807, 2.05) is 0 Å².